The van der Waals surface area contributed by atoms with Gasteiger partial charge < -0.3 is 14.5 Å². The van der Waals surface area contributed by atoms with E-state index in [4.69, 9.17) is 4.74 Å². The molecule has 0 aromatic heterocycles. The fourth-order valence-electron chi connectivity index (χ4n) is 3.52. The van der Waals surface area contributed by atoms with Gasteiger partial charge in [0.15, 0.2) is 6.61 Å². The maximum atomic E-state index is 13.1. The molecule has 2 aromatic rings. The van der Waals surface area contributed by atoms with E-state index < -0.39 is 0 Å². The predicted octanol–water partition coefficient (Wildman–Crippen LogP) is 3.50. The lowest BCUT2D eigenvalue weighted by Crippen LogP contribution is -2.39. The van der Waals surface area contributed by atoms with Crippen LogP contribution >= 0.6 is 0 Å². The van der Waals surface area contributed by atoms with Crippen LogP contribution in [0.5, 0.6) is 5.75 Å². The van der Waals surface area contributed by atoms with Gasteiger partial charge in [0.05, 0.1) is 0 Å². The van der Waals surface area contributed by atoms with Crippen molar-refractivity contribution in [3.8, 4) is 5.75 Å². The zero-order valence-corrected chi connectivity index (χ0v) is 17.2. The Labute approximate surface area is 171 Å². The van der Waals surface area contributed by atoms with E-state index in [1.165, 1.54) is 24.3 Å². The van der Waals surface area contributed by atoms with Crippen LogP contribution in [0.1, 0.15) is 33.5 Å². The minimum absolute atomic E-state index is 0.0168. The van der Waals surface area contributed by atoms with Gasteiger partial charge in [-0.1, -0.05) is 12.1 Å². The van der Waals surface area contributed by atoms with Crippen molar-refractivity contribution in [3.05, 3.63) is 64.5 Å². The molecule has 3 rings (SSSR count). The fraction of sp³-hybridized carbons (Fsp3) is 0.391. The third-order valence-electron chi connectivity index (χ3n) is 5.44. The zero-order chi connectivity index (χ0) is 21.0. The molecule has 1 aliphatic rings. The molecule has 5 nitrogen and oxygen atoms in total. The third kappa shape index (κ3) is 4.94. The summed E-state index contributed by atoms with van der Waals surface area (Å²) in [6.07, 6.45) is 0.696. The Balaban J connectivity index is 1.58. The van der Waals surface area contributed by atoms with Crippen LogP contribution in [0.4, 0.5) is 4.39 Å². The molecule has 0 atom stereocenters. The Morgan fingerprint density at radius 1 is 0.897 bits per heavy atom. The van der Waals surface area contributed by atoms with Gasteiger partial charge in [-0.25, -0.2) is 4.39 Å². The molecule has 154 valence electrons. The van der Waals surface area contributed by atoms with Crippen LogP contribution in [0.3, 0.4) is 0 Å². The lowest BCUT2D eigenvalue weighted by atomic mass is 10.1. The number of hydrogen-bond acceptors (Lipinski definition) is 3. The molecular weight excluding hydrogens is 371 g/mol. The molecule has 0 N–H and O–H groups in total. The number of nitrogens with zero attached hydrogens (tertiary/aromatic N) is 2. The predicted molar refractivity (Wildman–Crippen MR) is 110 cm³/mol. The average Bonchev–Trinajstić information content (AvgIpc) is 2.97. The molecule has 0 bridgehead atoms. The molecule has 0 radical (unpaired) electrons. The van der Waals surface area contributed by atoms with Gasteiger partial charge >= 0.3 is 0 Å². The highest BCUT2D eigenvalue weighted by molar-refractivity contribution is 5.94. The van der Waals surface area contributed by atoms with Crippen molar-refractivity contribution in [1.29, 1.82) is 0 Å². The van der Waals surface area contributed by atoms with Crippen molar-refractivity contribution < 1.29 is 18.7 Å². The van der Waals surface area contributed by atoms with Crippen molar-refractivity contribution in [2.75, 3.05) is 32.8 Å². The van der Waals surface area contributed by atoms with E-state index in [0.717, 1.165) is 22.4 Å². The number of halogens is 1. The number of hydrogen-bond donors (Lipinski definition) is 0. The van der Waals surface area contributed by atoms with E-state index in [2.05, 4.69) is 0 Å². The highest BCUT2D eigenvalue weighted by atomic mass is 19.1. The van der Waals surface area contributed by atoms with Crippen LogP contribution in [-0.4, -0.2) is 54.4 Å². The van der Waals surface area contributed by atoms with Gasteiger partial charge in [-0.15, -0.1) is 0 Å². The fourth-order valence-corrected chi connectivity index (χ4v) is 3.52. The topological polar surface area (TPSA) is 49.9 Å². The van der Waals surface area contributed by atoms with Crippen molar-refractivity contribution in [1.82, 2.24) is 9.80 Å². The standard InChI is InChI=1S/C23H27FN2O3/c1-16-5-6-17(2)22(18(16)3)29-15-21(27)25-11-4-12-26(14-13-25)23(28)19-7-9-20(24)10-8-19/h5-10H,4,11-15H2,1-3H3. The summed E-state index contributed by atoms with van der Waals surface area (Å²) in [6.45, 7) is 8.02. The molecule has 1 heterocycles. The van der Waals surface area contributed by atoms with Crippen LogP contribution in [0.25, 0.3) is 0 Å². The molecule has 0 spiro atoms. The SMILES string of the molecule is Cc1ccc(C)c(OCC(=O)N2CCCN(C(=O)c3ccc(F)cc3)CC2)c1C. The highest BCUT2D eigenvalue weighted by Crippen LogP contribution is 2.25. The van der Waals surface area contributed by atoms with Crippen LogP contribution in [0, 0.1) is 26.6 Å². The summed E-state index contributed by atoms with van der Waals surface area (Å²) in [5, 5.41) is 0. The van der Waals surface area contributed by atoms with Gasteiger partial charge in [0.25, 0.3) is 11.8 Å². The zero-order valence-electron chi connectivity index (χ0n) is 17.2. The second-order valence-electron chi connectivity index (χ2n) is 7.48. The van der Waals surface area contributed by atoms with E-state index in [-0.39, 0.29) is 24.2 Å². The van der Waals surface area contributed by atoms with Gasteiger partial charge in [-0.2, -0.15) is 0 Å². The minimum atomic E-state index is -0.367. The molecule has 0 aliphatic carbocycles. The average molecular weight is 398 g/mol. The van der Waals surface area contributed by atoms with Gasteiger partial charge in [-0.3, -0.25) is 9.59 Å². The Morgan fingerprint density at radius 2 is 1.52 bits per heavy atom. The summed E-state index contributed by atoms with van der Waals surface area (Å²) in [5.41, 5.74) is 3.64. The summed E-state index contributed by atoms with van der Waals surface area (Å²) in [6, 6.07) is 9.59. The molecule has 6 heteroatoms. The van der Waals surface area contributed by atoms with E-state index in [1.54, 1.807) is 9.80 Å². The summed E-state index contributed by atoms with van der Waals surface area (Å²) >= 11 is 0. The van der Waals surface area contributed by atoms with Crippen LogP contribution in [0.2, 0.25) is 0 Å². The van der Waals surface area contributed by atoms with Gasteiger partial charge in [-0.05, 0) is 68.1 Å². The number of ether oxygens (including phenoxy) is 1. The van der Waals surface area contributed by atoms with Gasteiger partial charge in [0, 0.05) is 31.7 Å². The van der Waals surface area contributed by atoms with Crippen LogP contribution < -0.4 is 4.74 Å². The maximum absolute atomic E-state index is 13.1. The lowest BCUT2D eigenvalue weighted by Gasteiger charge is -2.23. The quantitative estimate of drug-likeness (QED) is 0.792. The molecular formula is C23H27FN2O3. The first-order valence-corrected chi connectivity index (χ1v) is 9.89. The summed E-state index contributed by atoms with van der Waals surface area (Å²) in [7, 11) is 0. The smallest absolute Gasteiger partial charge is 0.260 e. The molecule has 0 saturated carbocycles. The van der Waals surface area contributed by atoms with E-state index in [0.29, 0.717) is 38.2 Å². The number of carbonyl (C=O) groups is 2. The van der Waals surface area contributed by atoms with Crippen molar-refractivity contribution >= 4 is 11.8 Å². The summed E-state index contributed by atoms with van der Waals surface area (Å²) in [4.78, 5) is 28.8. The number of benzene rings is 2. The van der Waals surface area contributed by atoms with Crippen LogP contribution in [-0.2, 0) is 4.79 Å². The molecule has 2 amide bonds. The summed E-state index contributed by atoms with van der Waals surface area (Å²) < 4.78 is 18.9. The minimum Gasteiger partial charge on any atom is -0.483 e. The largest absolute Gasteiger partial charge is 0.483 e. The molecule has 0 unspecified atom stereocenters. The number of carbonyl (C=O) groups excluding carboxylic acids is 2. The normalized spacial score (nSPS) is 14.5. The second kappa shape index (κ2) is 9.07. The Kier molecular flexibility index (Phi) is 6.52. The molecule has 1 fully saturated rings. The molecule has 1 aliphatic heterocycles. The lowest BCUT2D eigenvalue weighted by molar-refractivity contribution is -0.133. The monoisotopic (exact) mass is 398 g/mol. The highest BCUT2D eigenvalue weighted by Gasteiger charge is 2.23. The van der Waals surface area contributed by atoms with Crippen LogP contribution in [0.15, 0.2) is 36.4 Å². The Morgan fingerprint density at radius 3 is 2.24 bits per heavy atom. The van der Waals surface area contributed by atoms with Crippen molar-refractivity contribution in [2.24, 2.45) is 0 Å². The summed E-state index contributed by atoms with van der Waals surface area (Å²) in [5.74, 6) is 0.178. The third-order valence-corrected chi connectivity index (χ3v) is 5.44. The number of amides is 2. The Bertz CT molecular complexity index is 896. The van der Waals surface area contributed by atoms with E-state index in [9.17, 15) is 14.0 Å². The number of aryl methyl sites for hydroxylation is 2. The first-order valence-electron chi connectivity index (χ1n) is 9.89. The van der Waals surface area contributed by atoms with Crippen molar-refractivity contribution in [3.63, 3.8) is 0 Å². The number of rotatable bonds is 4. The first kappa shape index (κ1) is 20.8. The van der Waals surface area contributed by atoms with Gasteiger partial charge in [0.2, 0.25) is 0 Å². The maximum Gasteiger partial charge on any atom is 0.260 e. The van der Waals surface area contributed by atoms with Gasteiger partial charge in [0.1, 0.15) is 11.6 Å². The van der Waals surface area contributed by atoms with E-state index in [1.807, 2.05) is 32.9 Å². The molecule has 1 saturated heterocycles. The first-order chi connectivity index (χ1) is 13.9. The second-order valence-corrected chi connectivity index (χ2v) is 7.48. The molecule has 2 aromatic carbocycles. The Hall–Kier alpha value is -2.89. The van der Waals surface area contributed by atoms with Crippen molar-refractivity contribution in [2.45, 2.75) is 27.2 Å². The molecule has 29 heavy (non-hydrogen) atoms. The van der Waals surface area contributed by atoms with E-state index >= 15 is 0 Å².